The van der Waals surface area contributed by atoms with E-state index in [2.05, 4.69) is 16.6 Å². The minimum atomic E-state index is -3.41. The summed E-state index contributed by atoms with van der Waals surface area (Å²) in [5.74, 6) is 4.01. The SMILES string of the molecule is CCS(=O)(=O)Nc1ccc(C#CCO)c(F)c1. The molecule has 0 spiro atoms. The van der Waals surface area contributed by atoms with Gasteiger partial charge in [-0.05, 0) is 25.1 Å². The number of anilines is 1. The molecule has 1 aromatic rings. The van der Waals surface area contributed by atoms with E-state index in [0.29, 0.717) is 0 Å². The second-order valence-corrected chi connectivity index (χ2v) is 5.17. The highest BCUT2D eigenvalue weighted by atomic mass is 32.2. The van der Waals surface area contributed by atoms with Crippen molar-refractivity contribution in [3.63, 3.8) is 0 Å². The molecule has 4 nitrogen and oxygen atoms in total. The second-order valence-electron chi connectivity index (χ2n) is 3.16. The molecule has 0 saturated heterocycles. The fraction of sp³-hybridized carbons (Fsp3) is 0.273. The van der Waals surface area contributed by atoms with Gasteiger partial charge in [0.15, 0.2) is 0 Å². The first-order chi connectivity index (χ1) is 7.98. The third-order valence-corrected chi connectivity index (χ3v) is 3.23. The monoisotopic (exact) mass is 257 g/mol. The summed E-state index contributed by atoms with van der Waals surface area (Å²) in [6.07, 6.45) is 0. The molecule has 0 saturated carbocycles. The van der Waals surface area contributed by atoms with Crippen molar-refractivity contribution in [1.29, 1.82) is 0 Å². The van der Waals surface area contributed by atoms with Crippen molar-refractivity contribution in [3.8, 4) is 11.8 Å². The van der Waals surface area contributed by atoms with Crippen LogP contribution in [-0.4, -0.2) is 25.9 Å². The second kappa shape index (κ2) is 5.66. The van der Waals surface area contributed by atoms with E-state index in [-0.39, 0.29) is 23.6 Å². The molecule has 0 radical (unpaired) electrons. The maximum Gasteiger partial charge on any atom is 0.232 e. The lowest BCUT2D eigenvalue weighted by Crippen LogP contribution is -2.14. The maximum atomic E-state index is 13.4. The van der Waals surface area contributed by atoms with Gasteiger partial charge in [0.05, 0.1) is 17.0 Å². The van der Waals surface area contributed by atoms with Crippen LogP contribution in [-0.2, 0) is 10.0 Å². The smallest absolute Gasteiger partial charge is 0.232 e. The van der Waals surface area contributed by atoms with Crippen LogP contribution in [0.25, 0.3) is 0 Å². The number of hydrogen-bond donors (Lipinski definition) is 2. The molecule has 0 aliphatic rings. The van der Waals surface area contributed by atoms with Gasteiger partial charge in [0.1, 0.15) is 12.4 Å². The van der Waals surface area contributed by atoms with Gasteiger partial charge in [0.2, 0.25) is 10.0 Å². The van der Waals surface area contributed by atoms with E-state index in [1.807, 2.05) is 0 Å². The maximum absolute atomic E-state index is 13.4. The van der Waals surface area contributed by atoms with Crippen LogP contribution >= 0.6 is 0 Å². The number of aliphatic hydroxyl groups excluding tert-OH is 1. The van der Waals surface area contributed by atoms with Crippen molar-refractivity contribution < 1.29 is 17.9 Å². The van der Waals surface area contributed by atoms with Crippen molar-refractivity contribution in [2.24, 2.45) is 0 Å². The van der Waals surface area contributed by atoms with Crippen molar-refractivity contribution in [1.82, 2.24) is 0 Å². The van der Waals surface area contributed by atoms with Crippen LogP contribution < -0.4 is 4.72 Å². The molecule has 0 heterocycles. The molecule has 0 aliphatic heterocycles. The van der Waals surface area contributed by atoms with Gasteiger partial charge in [0, 0.05) is 0 Å². The standard InChI is InChI=1S/C11H12FNO3S/c1-2-17(15,16)13-10-6-5-9(4-3-7-14)11(12)8-10/h5-6,8,13-14H,2,7H2,1H3. The van der Waals surface area contributed by atoms with Crippen molar-refractivity contribution >= 4 is 15.7 Å². The quantitative estimate of drug-likeness (QED) is 0.792. The van der Waals surface area contributed by atoms with Crippen LogP contribution in [0, 0.1) is 17.7 Å². The summed E-state index contributed by atoms with van der Waals surface area (Å²) in [5.41, 5.74) is 0.261. The Labute approximate surface area is 99.5 Å². The third kappa shape index (κ3) is 4.06. The first kappa shape index (κ1) is 13.5. The van der Waals surface area contributed by atoms with Crippen LogP contribution in [0.1, 0.15) is 12.5 Å². The number of halogens is 1. The average molecular weight is 257 g/mol. The van der Waals surface area contributed by atoms with E-state index in [1.54, 1.807) is 0 Å². The predicted molar refractivity (Wildman–Crippen MR) is 63.4 cm³/mol. The number of hydrogen-bond acceptors (Lipinski definition) is 3. The molecule has 92 valence electrons. The zero-order chi connectivity index (χ0) is 12.9. The van der Waals surface area contributed by atoms with E-state index < -0.39 is 15.8 Å². The molecule has 0 aromatic heterocycles. The van der Waals surface area contributed by atoms with Gasteiger partial charge in [-0.25, -0.2) is 12.8 Å². The lowest BCUT2D eigenvalue weighted by Gasteiger charge is -2.06. The zero-order valence-electron chi connectivity index (χ0n) is 9.20. The average Bonchev–Trinajstić information content (AvgIpc) is 2.27. The predicted octanol–water partition coefficient (Wildman–Crippen LogP) is 0.931. The largest absolute Gasteiger partial charge is 0.384 e. The number of aliphatic hydroxyl groups is 1. The molecule has 0 bridgehead atoms. The summed E-state index contributed by atoms with van der Waals surface area (Å²) >= 11 is 0. The molecular formula is C11H12FNO3S. The molecule has 0 unspecified atom stereocenters. The van der Waals surface area contributed by atoms with Crippen LogP contribution in [0.2, 0.25) is 0 Å². The minimum absolute atomic E-state index is 0.0827. The Balaban J connectivity index is 2.97. The highest BCUT2D eigenvalue weighted by Crippen LogP contribution is 2.15. The van der Waals surface area contributed by atoms with Crippen molar-refractivity contribution in [2.75, 3.05) is 17.1 Å². The molecule has 1 aromatic carbocycles. The Bertz CT molecular complexity index is 558. The highest BCUT2D eigenvalue weighted by Gasteiger charge is 2.08. The molecule has 0 atom stereocenters. The molecule has 0 amide bonds. The van der Waals surface area contributed by atoms with E-state index in [9.17, 15) is 12.8 Å². The van der Waals surface area contributed by atoms with Gasteiger partial charge in [-0.2, -0.15) is 0 Å². The number of sulfonamides is 1. The van der Waals surface area contributed by atoms with Crippen LogP contribution in [0.3, 0.4) is 0 Å². The zero-order valence-corrected chi connectivity index (χ0v) is 10.0. The molecule has 17 heavy (non-hydrogen) atoms. The summed E-state index contributed by atoms with van der Waals surface area (Å²) in [6.45, 7) is 1.13. The number of rotatable bonds is 3. The van der Waals surface area contributed by atoms with Crippen molar-refractivity contribution in [3.05, 3.63) is 29.6 Å². The van der Waals surface area contributed by atoms with Crippen LogP contribution in [0.4, 0.5) is 10.1 Å². The first-order valence-corrected chi connectivity index (χ1v) is 6.53. The topological polar surface area (TPSA) is 66.4 Å². The number of benzene rings is 1. The summed E-state index contributed by atoms with van der Waals surface area (Å²) in [6, 6.07) is 3.82. The Kier molecular flexibility index (Phi) is 4.49. The molecule has 1 rings (SSSR count). The van der Waals surface area contributed by atoms with Crippen LogP contribution in [0.5, 0.6) is 0 Å². The molecule has 2 N–H and O–H groups in total. The lowest BCUT2D eigenvalue weighted by atomic mass is 10.2. The van der Waals surface area contributed by atoms with Gasteiger partial charge in [0.25, 0.3) is 0 Å². The van der Waals surface area contributed by atoms with Gasteiger partial charge < -0.3 is 5.11 Å². The van der Waals surface area contributed by atoms with E-state index in [4.69, 9.17) is 5.11 Å². The summed E-state index contributed by atoms with van der Waals surface area (Å²) < 4.78 is 38.1. The Morgan fingerprint density at radius 2 is 2.18 bits per heavy atom. The lowest BCUT2D eigenvalue weighted by molar-refractivity contribution is 0.350. The van der Waals surface area contributed by atoms with Gasteiger partial charge in [-0.15, -0.1) is 0 Å². The minimum Gasteiger partial charge on any atom is -0.384 e. The number of nitrogens with one attached hydrogen (secondary N) is 1. The Morgan fingerprint density at radius 3 is 2.71 bits per heavy atom. The molecule has 6 heteroatoms. The summed E-state index contributed by atoms with van der Waals surface area (Å²) in [7, 11) is -3.41. The van der Waals surface area contributed by atoms with E-state index in [0.717, 1.165) is 6.07 Å². The summed E-state index contributed by atoms with van der Waals surface area (Å²) in [4.78, 5) is 0. The first-order valence-electron chi connectivity index (χ1n) is 4.88. The van der Waals surface area contributed by atoms with Gasteiger partial charge >= 0.3 is 0 Å². The third-order valence-electron chi connectivity index (χ3n) is 1.92. The molecular weight excluding hydrogens is 245 g/mol. The van der Waals surface area contributed by atoms with E-state index in [1.165, 1.54) is 19.1 Å². The fourth-order valence-corrected chi connectivity index (χ4v) is 1.70. The van der Waals surface area contributed by atoms with Crippen molar-refractivity contribution in [2.45, 2.75) is 6.92 Å². The van der Waals surface area contributed by atoms with Gasteiger partial charge in [-0.3, -0.25) is 4.72 Å². The normalized spacial score (nSPS) is 10.5. The van der Waals surface area contributed by atoms with Gasteiger partial charge in [-0.1, -0.05) is 11.8 Å². The highest BCUT2D eigenvalue weighted by molar-refractivity contribution is 7.92. The molecule has 0 aliphatic carbocycles. The van der Waals surface area contributed by atoms with Crippen LogP contribution in [0.15, 0.2) is 18.2 Å². The Morgan fingerprint density at radius 1 is 1.47 bits per heavy atom. The Hall–Kier alpha value is -1.58. The summed E-state index contributed by atoms with van der Waals surface area (Å²) in [5, 5.41) is 8.47. The van der Waals surface area contributed by atoms with E-state index >= 15 is 0 Å². The fourth-order valence-electron chi connectivity index (χ4n) is 1.07. The molecule has 0 fully saturated rings.